The third-order valence-electron chi connectivity index (χ3n) is 2.27. The Hall–Kier alpha value is -0.460. The lowest BCUT2D eigenvalue weighted by molar-refractivity contribution is 0.0520. The van der Waals surface area contributed by atoms with Crippen molar-refractivity contribution in [1.29, 1.82) is 0 Å². The smallest absolute Gasteiger partial charge is 0.287 e. The van der Waals surface area contributed by atoms with Crippen molar-refractivity contribution >= 4 is 33.6 Å². The van der Waals surface area contributed by atoms with Crippen molar-refractivity contribution in [2.75, 3.05) is 18.6 Å². The van der Waals surface area contributed by atoms with Crippen LogP contribution in [0.2, 0.25) is 0 Å². The summed E-state index contributed by atoms with van der Waals surface area (Å²) in [7, 11) is 0. The van der Waals surface area contributed by atoms with Crippen LogP contribution in [0.1, 0.15) is 23.9 Å². The molecule has 0 saturated carbocycles. The number of hydrogen-bond donors (Lipinski definition) is 2. The van der Waals surface area contributed by atoms with Gasteiger partial charge in [0.15, 0.2) is 10.4 Å². The minimum absolute atomic E-state index is 0.213. The molecule has 0 spiro atoms. The molecule has 0 aliphatic rings. The zero-order valence-corrected chi connectivity index (χ0v) is 12.2. The Morgan fingerprint density at radius 3 is 2.88 bits per heavy atom. The first-order valence-electron chi connectivity index (χ1n) is 5.19. The van der Waals surface area contributed by atoms with Crippen molar-refractivity contribution in [3.05, 3.63) is 22.6 Å². The second-order valence-electron chi connectivity index (χ2n) is 4.03. The summed E-state index contributed by atoms with van der Waals surface area (Å²) in [6, 6.07) is 3.23. The number of halogens is 1. The van der Waals surface area contributed by atoms with E-state index < -0.39 is 5.60 Å². The average molecular weight is 322 g/mol. The maximum Gasteiger partial charge on any atom is 0.287 e. The fourth-order valence-electron chi connectivity index (χ4n) is 1.20. The Bertz CT molecular complexity index is 379. The number of aliphatic hydroxyl groups is 1. The first-order valence-corrected chi connectivity index (χ1v) is 7.38. The number of hydrogen-bond acceptors (Lipinski definition) is 4. The molecule has 1 aromatic rings. The van der Waals surface area contributed by atoms with Crippen LogP contribution in [0.15, 0.2) is 21.2 Å². The lowest BCUT2D eigenvalue weighted by atomic mass is 10.0. The molecule has 17 heavy (non-hydrogen) atoms. The summed E-state index contributed by atoms with van der Waals surface area (Å²) in [6.45, 7) is 1.92. The van der Waals surface area contributed by atoms with Crippen LogP contribution >= 0.6 is 27.7 Å². The van der Waals surface area contributed by atoms with Crippen LogP contribution < -0.4 is 5.32 Å². The minimum Gasteiger partial charge on any atom is -0.444 e. The highest BCUT2D eigenvalue weighted by Gasteiger charge is 2.21. The highest BCUT2D eigenvalue weighted by molar-refractivity contribution is 9.10. The Morgan fingerprint density at radius 2 is 2.35 bits per heavy atom. The second-order valence-corrected chi connectivity index (χ2v) is 5.79. The Morgan fingerprint density at radius 1 is 1.65 bits per heavy atom. The predicted molar refractivity (Wildman–Crippen MR) is 72.4 cm³/mol. The third kappa shape index (κ3) is 5.14. The van der Waals surface area contributed by atoms with E-state index >= 15 is 0 Å². The van der Waals surface area contributed by atoms with Crippen molar-refractivity contribution in [3.63, 3.8) is 0 Å². The molecule has 1 heterocycles. The Kier molecular flexibility index (Phi) is 5.55. The van der Waals surface area contributed by atoms with E-state index in [1.54, 1.807) is 30.8 Å². The average Bonchev–Trinajstić information content (AvgIpc) is 2.70. The first kappa shape index (κ1) is 14.6. The number of rotatable bonds is 6. The van der Waals surface area contributed by atoms with Gasteiger partial charge in [0.05, 0.1) is 5.60 Å². The maximum absolute atomic E-state index is 11.6. The predicted octanol–water partition coefficient (Wildman–Crippen LogP) is 2.28. The molecule has 4 nitrogen and oxygen atoms in total. The standard InChI is InChI=1S/C11H16BrNO3S/c1-11(15,5-6-17-2)7-13-10(14)8-3-4-9(12)16-8/h3-4,15H,5-7H2,1-2H3,(H,13,14)/t11-/m0/s1. The molecule has 2 N–H and O–H groups in total. The molecule has 0 fully saturated rings. The minimum atomic E-state index is -0.886. The van der Waals surface area contributed by atoms with Gasteiger partial charge in [-0.25, -0.2) is 0 Å². The molecule has 0 bridgehead atoms. The van der Waals surface area contributed by atoms with Gasteiger partial charge in [-0.2, -0.15) is 11.8 Å². The van der Waals surface area contributed by atoms with Gasteiger partial charge in [0.2, 0.25) is 0 Å². The summed E-state index contributed by atoms with van der Waals surface area (Å²) >= 11 is 4.79. The molecule has 1 aromatic heterocycles. The largest absolute Gasteiger partial charge is 0.444 e. The molecule has 0 aliphatic carbocycles. The summed E-state index contributed by atoms with van der Waals surface area (Å²) in [4.78, 5) is 11.6. The number of carbonyl (C=O) groups is 1. The number of nitrogens with one attached hydrogen (secondary N) is 1. The molecule has 0 aliphatic heterocycles. The zero-order valence-electron chi connectivity index (χ0n) is 9.83. The SMILES string of the molecule is CSCC[C@](C)(O)CNC(=O)c1ccc(Br)o1. The van der Waals surface area contributed by atoms with E-state index in [0.29, 0.717) is 11.1 Å². The van der Waals surface area contributed by atoms with Crippen molar-refractivity contribution in [2.45, 2.75) is 18.9 Å². The van der Waals surface area contributed by atoms with Crippen LogP contribution in [0.5, 0.6) is 0 Å². The molecule has 0 aromatic carbocycles. The second kappa shape index (κ2) is 6.47. The Balaban J connectivity index is 2.42. The van der Waals surface area contributed by atoms with E-state index in [1.165, 1.54) is 0 Å². The van der Waals surface area contributed by atoms with Gasteiger partial charge in [-0.05, 0) is 53.4 Å². The van der Waals surface area contributed by atoms with Crippen molar-refractivity contribution in [1.82, 2.24) is 5.32 Å². The summed E-state index contributed by atoms with van der Waals surface area (Å²) in [5.41, 5.74) is -0.886. The third-order valence-corrected chi connectivity index (χ3v) is 3.31. The summed E-state index contributed by atoms with van der Waals surface area (Å²) < 4.78 is 5.62. The van der Waals surface area contributed by atoms with E-state index in [-0.39, 0.29) is 18.2 Å². The van der Waals surface area contributed by atoms with Gasteiger partial charge in [0.25, 0.3) is 5.91 Å². The molecule has 6 heteroatoms. The highest BCUT2D eigenvalue weighted by Crippen LogP contribution is 2.15. The van der Waals surface area contributed by atoms with Gasteiger partial charge < -0.3 is 14.8 Å². The van der Waals surface area contributed by atoms with Crippen molar-refractivity contribution < 1.29 is 14.3 Å². The van der Waals surface area contributed by atoms with Crippen LogP contribution in [0.25, 0.3) is 0 Å². The van der Waals surface area contributed by atoms with Gasteiger partial charge in [0, 0.05) is 6.54 Å². The molecule has 0 radical (unpaired) electrons. The molecule has 0 unspecified atom stereocenters. The number of carbonyl (C=O) groups excluding carboxylic acids is 1. The highest BCUT2D eigenvalue weighted by atomic mass is 79.9. The topological polar surface area (TPSA) is 62.5 Å². The van der Waals surface area contributed by atoms with Crippen LogP contribution in [0.4, 0.5) is 0 Å². The van der Waals surface area contributed by atoms with Crippen molar-refractivity contribution in [3.8, 4) is 0 Å². The molecular formula is C11H16BrNO3S. The molecule has 1 atom stereocenters. The van der Waals surface area contributed by atoms with Gasteiger partial charge in [-0.1, -0.05) is 0 Å². The summed E-state index contributed by atoms with van der Waals surface area (Å²) in [5.74, 6) is 0.771. The van der Waals surface area contributed by atoms with E-state index in [1.807, 2.05) is 6.26 Å². The normalized spacial score (nSPS) is 14.4. The van der Waals surface area contributed by atoms with Crippen LogP contribution in [-0.2, 0) is 0 Å². The molecule has 96 valence electrons. The summed E-state index contributed by atoms with van der Waals surface area (Å²) in [5, 5.41) is 12.6. The molecule has 1 rings (SSSR count). The Labute approximate surface area is 113 Å². The number of amides is 1. The van der Waals surface area contributed by atoms with Crippen molar-refractivity contribution in [2.24, 2.45) is 0 Å². The van der Waals surface area contributed by atoms with Gasteiger partial charge in [-0.3, -0.25) is 4.79 Å². The first-order chi connectivity index (χ1) is 7.94. The monoisotopic (exact) mass is 321 g/mol. The fourth-order valence-corrected chi connectivity index (χ4v) is 2.15. The van der Waals surface area contributed by atoms with E-state index in [2.05, 4.69) is 21.2 Å². The maximum atomic E-state index is 11.6. The zero-order chi connectivity index (χ0) is 12.9. The van der Waals surface area contributed by atoms with Crippen LogP contribution in [0.3, 0.4) is 0 Å². The van der Waals surface area contributed by atoms with Gasteiger partial charge in [-0.15, -0.1) is 0 Å². The van der Waals surface area contributed by atoms with Gasteiger partial charge >= 0.3 is 0 Å². The van der Waals surface area contributed by atoms with E-state index in [0.717, 1.165) is 5.75 Å². The lowest BCUT2D eigenvalue weighted by Gasteiger charge is -2.22. The number of thioether (sulfide) groups is 1. The summed E-state index contributed by atoms with van der Waals surface area (Å²) in [6.07, 6.45) is 2.62. The van der Waals surface area contributed by atoms with E-state index in [4.69, 9.17) is 4.42 Å². The quantitative estimate of drug-likeness (QED) is 0.843. The lowest BCUT2D eigenvalue weighted by Crippen LogP contribution is -2.40. The molecule has 0 saturated heterocycles. The van der Waals surface area contributed by atoms with E-state index in [9.17, 15) is 9.90 Å². The van der Waals surface area contributed by atoms with Crippen LogP contribution in [-0.4, -0.2) is 35.2 Å². The molecular weight excluding hydrogens is 306 g/mol. The fraction of sp³-hybridized carbons (Fsp3) is 0.545. The molecule has 1 amide bonds. The van der Waals surface area contributed by atoms with Gasteiger partial charge in [0.1, 0.15) is 0 Å². The van der Waals surface area contributed by atoms with Crippen LogP contribution in [0, 0.1) is 0 Å². The number of furan rings is 1.